The second kappa shape index (κ2) is 4.61. The number of rotatable bonds is 4. The molecule has 0 aliphatic rings. The summed E-state index contributed by atoms with van der Waals surface area (Å²) in [5.41, 5.74) is 0.823. The molecule has 0 unspecified atom stereocenters. The van der Waals surface area contributed by atoms with Crippen molar-refractivity contribution in [1.29, 1.82) is 0 Å². The number of carboxylic acid groups (broad SMARTS) is 1. The summed E-state index contributed by atoms with van der Waals surface area (Å²) in [6, 6.07) is 4.06. The molecule has 0 spiro atoms. The van der Waals surface area contributed by atoms with Gasteiger partial charge in [-0.15, -0.1) is 0 Å². The van der Waals surface area contributed by atoms with Crippen molar-refractivity contribution in [2.75, 3.05) is 0 Å². The van der Waals surface area contributed by atoms with Gasteiger partial charge in [0.05, 0.1) is 0 Å². The van der Waals surface area contributed by atoms with Gasteiger partial charge in [-0.05, 0) is 30.2 Å². The first kappa shape index (κ1) is 12.0. The molecule has 84 valence electrons. The molecule has 0 saturated carbocycles. The normalized spacial score (nSPS) is 9.81. The largest absolute Gasteiger partial charge is 0.507 e. The first-order valence-corrected chi connectivity index (χ1v) is 4.65. The Kier molecular flexibility index (Phi) is 3.45. The van der Waals surface area contributed by atoms with E-state index < -0.39 is 5.97 Å². The van der Waals surface area contributed by atoms with Crippen molar-refractivity contribution in [3.8, 4) is 5.75 Å². The number of benzene rings is 1. The van der Waals surface area contributed by atoms with Gasteiger partial charge in [-0.25, -0.2) is 4.79 Å². The number of ketones is 1. The maximum Gasteiger partial charge on any atom is 0.339 e. The average Bonchev–Trinajstić information content (AvgIpc) is 2.16. The van der Waals surface area contributed by atoms with E-state index >= 15 is 0 Å². The summed E-state index contributed by atoms with van der Waals surface area (Å²) >= 11 is 0. The molecule has 0 aromatic heterocycles. The summed E-state index contributed by atoms with van der Waals surface area (Å²) in [6.07, 6.45) is 0.114. The topological polar surface area (TPSA) is 74.6 Å². The highest BCUT2D eigenvalue weighted by molar-refractivity contribution is 5.96. The summed E-state index contributed by atoms with van der Waals surface area (Å²) in [6.45, 7) is 5.12. The van der Waals surface area contributed by atoms with E-state index in [0.29, 0.717) is 11.1 Å². The molecule has 4 nitrogen and oxygen atoms in total. The standard InChI is InChI=1S/C12H12O4/c1-7(2)10(13)5-8-3-4-9(12(15)16)11(14)6-8/h3-4,6,14H,1,5H2,2H3,(H,15,16). The van der Waals surface area contributed by atoms with Crippen LogP contribution in [0.1, 0.15) is 22.8 Å². The van der Waals surface area contributed by atoms with Crippen molar-refractivity contribution in [3.63, 3.8) is 0 Å². The summed E-state index contributed by atoms with van der Waals surface area (Å²) in [5.74, 6) is -1.67. The average molecular weight is 220 g/mol. The molecular formula is C12H12O4. The SMILES string of the molecule is C=C(C)C(=O)Cc1ccc(C(=O)O)c(O)c1. The molecule has 0 heterocycles. The van der Waals surface area contributed by atoms with Crippen LogP contribution in [0.2, 0.25) is 0 Å². The number of carboxylic acids is 1. The van der Waals surface area contributed by atoms with E-state index in [0.717, 1.165) is 0 Å². The Hall–Kier alpha value is -2.10. The van der Waals surface area contributed by atoms with Crippen LogP contribution in [0.4, 0.5) is 0 Å². The zero-order valence-corrected chi connectivity index (χ0v) is 8.86. The Bertz CT molecular complexity index is 460. The number of hydrogen-bond acceptors (Lipinski definition) is 3. The van der Waals surface area contributed by atoms with Crippen molar-refractivity contribution in [3.05, 3.63) is 41.5 Å². The number of carbonyl (C=O) groups is 2. The van der Waals surface area contributed by atoms with Crippen molar-refractivity contribution < 1.29 is 19.8 Å². The molecule has 0 fully saturated rings. The second-order valence-electron chi connectivity index (χ2n) is 3.54. The van der Waals surface area contributed by atoms with Gasteiger partial charge in [0.1, 0.15) is 11.3 Å². The molecule has 1 aromatic carbocycles. The zero-order chi connectivity index (χ0) is 12.3. The highest BCUT2D eigenvalue weighted by Gasteiger charge is 2.11. The van der Waals surface area contributed by atoms with Crippen molar-refractivity contribution >= 4 is 11.8 Å². The Morgan fingerprint density at radius 1 is 1.38 bits per heavy atom. The summed E-state index contributed by atoms with van der Waals surface area (Å²) in [7, 11) is 0. The number of Topliss-reactive ketones (excluding diaryl/α,β-unsaturated/α-hetero) is 1. The molecule has 0 aliphatic heterocycles. The Labute approximate surface area is 92.8 Å². The first-order valence-electron chi connectivity index (χ1n) is 4.65. The third-order valence-corrected chi connectivity index (χ3v) is 2.13. The van der Waals surface area contributed by atoms with Crippen LogP contribution in [0.5, 0.6) is 5.75 Å². The number of carbonyl (C=O) groups excluding carboxylic acids is 1. The predicted octanol–water partition coefficient (Wildman–Crippen LogP) is 1.78. The molecule has 16 heavy (non-hydrogen) atoms. The third-order valence-electron chi connectivity index (χ3n) is 2.13. The van der Waals surface area contributed by atoms with Crippen LogP contribution in [0.3, 0.4) is 0 Å². The summed E-state index contributed by atoms with van der Waals surface area (Å²) in [5, 5.41) is 18.1. The smallest absolute Gasteiger partial charge is 0.339 e. The van der Waals surface area contributed by atoms with Crippen molar-refractivity contribution in [2.24, 2.45) is 0 Å². The number of allylic oxidation sites excluding steroid dienone is 1. The van der Waals surface area contributed by atoms with E-state index in [-0.39, 0.29) is 23.5 Å². The van der Waals surface area contributed by atoms with Crippen molar-refractivity contribution in [2.45, 2.75) is 13.3 Å². The predicted molar refractivity (Wildman–Crippen MR) is 58.6 cm³/mol. The van der Waals surface area contributed by atoms with E-state index in [1.807, 2.05) is 0 Å². The maximum absolute atomic E-state index is 11.3. The molecule has 0 bridgehead atoms. The maximum atomic E-state index is 11.3. The minimum atomic E-state index is -1.20. The lowest BCUT2D eigenvalue weighted by atomic mass is 10.0. The quantitative estimate of drug-likeness (QED) is 0.758. The highest BCUT2D eigenvalue weighted by atomic mass is 16.4. The van der Waals surface area contributed by atoms with Gasteiger partial charge in [-0.2, -0.15) is 0 Å². The van der Waals surface area contributed by atoms with E-state index in [1.54, 1.807) is 6.92 Å². The van der Waals surface area contributed by atoms with Crippen LogP contribution in [0.25, 0.3) is 0 Å². The second-order valence-corrected chi connectivity index (χ2v) is 3.54. The zero-order valence-electron chi connectivity index (χ0n) is 8.86. The van der Waals surface area contributed by atoms with Gasteiger partial charge in [-0.1, -0.05) is 12.6 Å². The van der Waals surface area contributed by atoms with Gasteiger partial charge in [0.2, 0.25) is 0 Å². The molecule has 2 N–H and O–H groups in total. The van der Waals surface area contributed by atoms with Gasteiger partial charge >= 0.3 is 5.97 Å². The van der Waals surface area contributed by atoms with Gasteiger partial charge < -0.3 is 10.2 Å². The fourth-order valence-electron chi connectivity index (χ4n) is 1.20. The molecule has 0 radical (unpaired) electrons. The van der Waals surface area contributed by atoms with Crippen LogP contribution < -0.4 is 0 Å². The van der Waals surface area contributed by atoms with E-state index in [4.69, 9.17) is 5.11 Å². The lowest BCUT2D eigenvalue weighted by molar-refractivity contribution is -0.114. The van der Waals surface area contributed by atoms with E-state index in [1.165, 1.54) is 18.2 Å². The van der Waals surface area contributed by atoms with Crippen LogP contribution in [-0.2, 0) is 11.2 Å². The minimum Gasteiger partial charge on any atom is -0.507 e. The Balaban J connectivity index is 2.94. The first-order chi connectivity index (χ1) is 7.41. The van der Waals surface area contributed by atoms with E-state index in [2.05, 4.69) is 6.58 Å². The number of hydrogen-bond donors (Lipinski definition) is 2. The van der Waals surface area contributed by atoms with Gasteiger partial charge in [-0.3, -0.25) is 4.79 Å². The van der Waals surface area contributed by atoms with Crippen LogP contribution in [0, 0.1) is 0 Å². The molecule has 1 rings (SSSR count). The van der Waals surface area contributed by atoms with Gasteiger partial charge in [0.25, 0.3) is 0 Å². The molecule has 0 atom stereocenters. The van der Waals surface area contributed by atoms with Gasteiger partial charge in [0, 0.05) is 6.42 Å². The molecule has 1 aromatic rings. The summed E-state index contributed by atoms with van der Waals surface area (Å²) < 4.78 is 0. The fraction of sp³-hybridized carbons (Fsp3) is 0.167. The fourth-order valence-corrected chi connectivity index (χ4v) is 1.20. The van der Waals surface area contributed by atoms with Crippen LogP contribution >= 0.6 is 0 Å². The minimum absolute atomic E-state index is 0.114. The lowest BCUT2D eigenvalue weighted by Gasteiger charge is -2.03. The monoisotopic (exact) mass is 220 g/mol. The molecule has 4 heteroatoms. The third kappa shape index (κ3) is 2.70. The highest BCUT2D eigenvalue weighted by Crippen LogP contribution is 2.19. The molecule has 0 saturated heterocycles. The molecule has 0 aliphatic carbocycles. The number of aromatic hydroxyl groups is 1. The lowest BCUT2D eigenvalue weighted by Crippen LogP contribution is -2.04. The van der Waals surface area contributed by atoms with Crippen molar-refractivity contribution in [1.82, 2.24) is 0 Å². The number of aromatic carboxylic acids is 1. The molecular weight excluding hydrogens is 208 g/mol. The molecule has 0 amide bonds. The van der Waals surface area contributed by atoms with E-state index in [9.17, 15) is 14.7 Å². The van der Waals surface area contributed by atoms with Crippen LogP contribution in [0.15, 0.2) is 30.4 Å². The Morgan fingerprint density at radius 3 is 2.44 bits per heavy atom. The Morgan fingerprint density at radius 2 is 2.00 bits per heavy atom. The van der Waals surface area contributed by atoms with Crippen LogP contribution in [-0.4, -0.2) is 22.0 Å². The number of phenols is 1. The summed E-state index contributed by atoms with van der Waals surface area (Å²) in [4.78, 5) is 22.0. The van der Waals surface area contributed by atoms with Gasteiger partial charge in [0.15, 0.2) is 5.78 Å².